The van der Waals surface area contributed by atoms with E-state index in [9.17, 15) is 19.8 Å². The monoisotopic (exact) mass is 398 g/mol. The third kappa shape index (κ3) is 9.93. The maximum Gasteiger partial charge on any atom is 0.321 e. The molecule has 0 unspecified atom stereocenters. The Morgan fingerprint density at radius 2 is 0.857 bits per heavy atom. The van der Waals surface area contributed by atoms with Crippen LogP contribution in [0.1, 0.15) is 130 Å². The van der Waals surface area contributed by atoms with E-state index in [-0.39, 0.29) is 6.42 Å². The van der Waals surface area contributed by atoms with E-state index < -0.39 is 22.8 Å². The minimum absolute atomic E-state index is 0.208. The second-order valence-electron chi connectivity index (χ2n) is 9.47. The van der Waals surface area contributed by atoms with Crippen LogP contribution in [0.4, 0.5) is 0 Å². The summed E-state index contributed by atoms with van der Waals surface area (Å²) >= 11 is 0. The molecule has 4 nitrogen and oxygen atoms in total. The minimum Gasteiger partial charge on any atom is -0.480 e. The van der Waals surface area contributed by atoms with Gasteiger partial charge in [-0.3, -0.25) is 9.59 Å². The predicted octanol–water partition coefficient (Wildman–Crippen LogP) is 7.45. The molecule has 28 heavy (non-hydrogen) atoms. The van der Waals surface area contributed by atoms with Crippen LogP contribution >= 0.6 is 0 Å². The van der Waals surface area contributed by atoms with Gasteiger partial charge in [0.2, 0.25) is 0 Å². The average molecular weight is 399 g/mol. The molecule has 0 aromatic carbocycles. The fraction of sp³-hybridized carbons (Fsp3) is 0.917. The smallest absolute Gasteiger partial charge is 0.321 e. The molecule has 0 fully saturated rings. The molecule has 0 aliphatic heterocycles. The van der Waals surface area contributed by atoms with Gasteiger partial charge in [0.1, 0.15) is 0 Å². The molecule has 0 atom stereocenters. The molecule has 0 spiro atoms. The fourth-order valence-corrected chi connectivity index (χ4v) is 4.08. The van der Waals surface area contributed by atoms with Crippen molar-refractivity contribution in [2.24, 2.45) is 10.8 Å². The Hall–Kier alpha value is -1.06. The van der Waals surface area contributed by atoms with Crippen LogP contribution in [-0.4, -0.2) is 22.2 Å². The van der Waals surface area contributed by atoms with Gasteiger partial charge in [-0.25, -0.2) is 0 Å². The van der Waals surface area contributed by atoms with Gasteiger partial charge in [-0.2, -0.15) is 0 Å². The number of carboxylic acids is 2. The van der Waals surface area contributed by atoms with Crippen LogP contribution in [0.15, 0.2) is 0 Å². The van der Waals surface area contributed by atoms with E-state index in [2.05, 4.69) is 6.92 Å². The van der Waals surface area contributed by atoms with Crippen molar-refractivity contribution in [1.29, 1.82) is 0 Å². The molecule has 2 N–H and O–H groups in total. The molecule has 0 aromatic heterocycles. The highest BCUT2D eigenvalue weighted by Gasteiger charge is 2.54. The van der Waals surface area contributed by atoms with Crippen LogP contribution in [0.5, 0.6) is 0 Å². The second kappa shape index (κ2) is 14.9. The lowest BCUT2D eigenvalue weighted by Crippen LogP contribution is -2.49. The SMILES string of the molecule is CCCCCCCCCCCCCCCCCC(C(=O)O)(C(=O)O)C(C)(C)C. The summed E-state index contributed by atoms with van der Waals surface area (Å²) in [5.41, 5.74) is -2.50. The van der Waals surface area contributed by atoms with E-state index in [1.165, 1.54) is 77.0 Å². The van der Waals surface area contributed by atoms with Crippen molar-refractivity contribution in [3.05, 3.63) is 0 Å². The quantitative estimate of drug-likeness (QED) is 0.186. The lowest BCUT2D eigenvalue weighted by molar-refractivity contribution is -0.174. The molecule has 0 aliphatic carbocycles. The topological polar surface area (TPSA) is 74.6 Å². The lowest BCUT2D eigenvalue weighted by Gasteiger charge is -2.37. The van der Waals surface area contributed by atoms with Crippen LogP contribution in [0.25, 0.3) is 0 Å². The number of aliphatic carboxylic acids is 2. The number of hydrogen-bond donors (Lipinski definition) is 2. The van der Waals surface area contributed by atoms with Gasteiger partial charge in [0.25, 0.3) is 0 Å². The molecular formula is C24H46O4. The first-order valence-corrected chi connectivity index (χ1v) is 11.7. The van der Waals surface area contributed by atoms with E-state index in [0.29, 0.717) is 6.42 Å². The van der Waals surface area contributed by atoms with Crippen LogP contribution in [-0.2, 0) is 9.59 Å². The molecule has 0 radical (unpaired) electrons. The third-order valence-electron chi connectivity index (χ3n) is 6.17. The van der Waals surface area contributed by atoms with E-state index >= 15 is 0 Å². The average Bonchev–Trinajstić information content (AvgIpc) is 2.59. The summed E-state index contributed by atoms with van der Waals surface area (Å²) in [7, 11) is 0. The van der Waals surface area contributed by atoms with Crippen molar-refractivity contribution >= 4 is 11.9 Å². The van der Waals surface area contributed by atoms with Crippen LogP contribution in [0, 0.1) is 10.8 Å². The van der Waals surface area contributed by atoms with E-state index in [4.69, 9.17) is 0 Å². The Labute approximate surface area is 173 Å². The third-order valence-corrected chi connectivity index (χ3v) is 6.17. The van der Waals surface area contributed by atoms with Gasteiger partial charge in [-0.05, 0) is 11.8 Å². The first kappa shape index (κ1) is 26.9. The lowest BCUT2D eigenvalue weighted by atomic mass is 9.64. The highest BCUT2D eigenvalue weighted by atomic mass is 16.4. The Kier molecular flexibility index (Phi) is 14.3. The second-order valence-corrected chi connectivity index (χ2v) is 9.47. The summed E-state index contributed by atoms with van der Waals surface area (Å²) in [6.07, 6.45) is 18.8. The first-order valence-electron chi connectivity index (χ1n) is 11.7. The standard InChI is InChI=1S/C24H46O4/c1-5-6-7-8-9-10-11-12-13-14-15-16-17-18-19-20-24(21(25)26,22(27)28)23(2,3)4/h5-20H2,1-4H3,(H,25,26)(H,27,28). The number of unbranched alkanes of at least 4 members (excludes halogenated alkanes) is 14. The molecule has 166 valence electrons. The Balaban J connectivity index is 3.75. The summed E-state index contributed by atoms with van der Waals surface area (Å²) in [4.78, 5) is 23.4. The zero-order valence-electron chi connectivity index (χ0n) is 19.0. The maximum atomic E-state index is 11.7. The zero-order valence-corrected chi connectivity index (χ0v) is 19.0. The number of rotatable bonds is 18. The molecular weight excluding hydrogens is 352 g/mol. The molecule has 0 rings (SSSR count). The van der Waals surface area contributed by atoms with E-state index in [1.54, 1.807) is 20.8 Å². The van der Waals surface area contributed by atoms with E-state index in [1.807, 2.05) is 0 Å². The first-order chi connectivity index (χ1) is 13.2. The van der Waals surface area contributed by atoms with Gasteiger partial charge in [-0.15, -0.1) is 0 Å². The maximum absolute atomic E-state index is 11.7. The number of carboxylic acid groups (broad SMARTS) is 2. The van der Waals surface area contributed by atoms with Gasteiger partial charge in [-0.1, -0.05) is 124 Å². The van der Waals surface area contributed by atoms with Gasteiger partial charge in [0.15, 0.2) is 5.41 Å². The Bertz CT molecular complexity index is 409. The molecule has 0 saturated carbocycles. The summed E-state index contributed by atoms with van der Waals surface area (Å²) in [5, 5.41) is 19.1. The normalized spacial score (nSPS) is 12.3. The number of carbonyl (C=O) groups is 2. The highest BCUT2D eigenvalue weighted by Crippen LogP contribution is 2.43. The van der Waals surface area contributed by atoms with Crippen molar-refractivity contribution in [1.82, 2.24) is 0 Å². The highest BCUT2D eigenvalue weighted by molar-refractivity contribution is 5.99. The summed E-state index contributed by atoms with van der Waals surface area (Å²) in [5.74, 6) is -2.42. The summed E-state index contributed by atoms with van der Waals surface area (Å²) < 4.78 is 0. The molecule has 0 amide bonds. The minimum atomic E-state index is -1.69. The Morgan fingerprint density at radius 1 is 0.571 bits per heavy atom. The van der Waals surface area contributed by atoms with Crippen molar-refractivity contribution < 1.29 is 19.8 Å². The van der Waals surface area contributed by atoms with Gasteiger partial charge in [0.05, 0.1) is 0 Å². The van der Waals surface area contributed by atoms with Crippen molar-refractivity contribution in [3.63, 3.8) is 0 Å². The van der Waals surface area contributed by atoms with E-state index in [0.717, 1.165) is 12.8 Å². The summed E-state index contributed by atoms with van der Waals surface area (Å²) in [6, 6.07) is 0. The van der Waals surface area contributed by atoms with Gasteiger partial charge >= 0.3 is 11.9 Å². The van der Waals surface area contributed by atoms with Gasteiger partial charge < -0.3 is 10.2 Å². The largest absolute Gasteiger partial charge is 0.480 e. The molecule has 0 aliphatic rings. The molecule has 0 saturated heterocycles. The van der Waals surface area contributed by atoms with Crippen molar-refractivity contribution in [2.75, 3.05) is 0 Å². The summed E-state index contributed by atoms with van der Waals surface area (Å²) in [6.45, 7) is 7.38. The molecule has 0 bridgehead atoms. The van der Waals surface area contributed by atoms with Crippen LogP contribution in [0.3, 0.4) is 0 Å². The predicted molar refractivity (Wildman–Crippen MR) is 117 cm³/mol. The fourth-order valence-electron chi connectivity index (χ4n) is 4.08. The zero-order chi connectivity index (χ0) is 21.5. The van der Waals surface area contributed by atoms with Gasteiger partial charge in [0, 0.05) is 0 Å². The van der Waals surface area contributed by atoms with Crippen LogP contribution in [0.2, 0.25) is 0 Å². The Morgan fingerprint density at radius 3 is 1.11 bits per heavy atom. The van der Waals surface area contributed by atoms with Crippen LogP contribution < -0.4 is 0 Å². The molecule has 4 heteroatoms. The van der Waals surface area contributed by atoms with Crippen molar-refractivity contribution in [3.8, 4) is 0 Å². The van der Waals surface area contributed by atoms with Crippen molar-refractivity contribution in [2.45, 2.75) is 130 Å². The molecule has 0 aromatic rings. The molecule has 0 heterocycles. The number of hydrogen-bond acceptors (Lipinski definition) is 2.